The second kappa shape index (κ2) is 6.02. The van der Waals surface area contributed by atoms with Crippen molar-refractivity contribution >= 4 is 0 Å². The molecule has 2 atom stereocenters. The fraction of sp³-hybridized carbons (Fsp3) is 1.00. The maximum Gasteiger partial charge on any atom is -0.00203 e. The van der Waals surface area contributed by atoms with Gasteiger partial charge in [-0.3, -0.25) is 0 Å². The fourth-order valence-electron chi connectivity index (χ4n) is 3.04. The molecule has 0 aromatic heterocycles. The molecule has 2 aliphatic rings. The lowest BCUT2D eigenvalue weighted by Gasteiger charge is -2.13. The Bertz CT molecular complexity index is 193. The largest absolute Gasteiger partial charge is 0.316 e. The van der Waals surface area contributed by atoms with Crippen LogP contribution in [-0.2, 0) is 0 Å². The van der Waals surface area contributed by atoms with E-state index >= 15 is 0 Å². The molecule has 0 radical (unpaired) electrons. The van der Waals surface area contributed by atoms with Gasteiger partial charge in [0.1, 0.15) is 0 Å². The zero-order valence-corrected chi connectivity index (χ0v) is 11.0. The summed E-state index contributed by atoms with van der Waals surface area (Å²) in [4.78, 5) is 0. The van der Waals surface area contributed by atoms with Crippen molar-refractivity contribution in [2.45, 2.75) is 39.5 Å². The minimum Gasteiger partial charge on any atom is -0.316 e. The summed E-state index contributed by atoms with van der Waals surface area (Å²) < 4.78 is 0. The van der Waals surface area contributed by atoms with Crippen LogP contribution in [0.5, 0.6) is 0 Å². The first-order valence-corrected chi connectivity index (χ1v) is 7.17. The molecule has 94 valence electrons. The van der Waals surface area contributed by atoms with Gasteiger partial charge in [-0.2, -0.15) is 0 Å². The third-order valence-electron chi connectivity index (χ3n) is 4.03. The normalized spacial score (nSPS) is 32.1. The van der Waals surface area contributed by atoms with E-state index in [0.717, 1.165) is 30.2 Å². The van der Waals surface area contributed by atoms with Crippen LogP contribution >= 0.6 is 0 Å². The Morgan fingerprint density at radius 3 is 2.38 bits per heavy atom. The van der Waals surface area contributed by atoms with Gasteiger partial charge < -0.3 is 10.6 Å². The molecule has 0 amide bonds. The van der Waals surface area contributed by atoms with Gasteiger partial charge in [0.25, 0.3) is 0 Å². The number of hydrogen-bond acceptors (Lipinski definition) is 2. The molecular formula is C14H28N2. The van der Waals surface area contributed by atoms with Gasteiger partial charge >= 0.3 is 0 Å². The van der Waals surface area contributed by atoms with Crippen LogP contribution in [0.2, 0.25) is 0 Å². The van der Waals surface area contributed by atoms with Crippen LogP contribution < -0.4 is 10.6 Å². The summed E-state index contributed by atoms with van der Waals surface area (Å²) in [6.07, 6.45) is 5.86. The first-order valence-electron chi connectivity index (χ1n) is 7.17. The summed E-state index contributed by atoms with van der Waals surface area (Å²) in [6, 6.07) is 0. The smallest absolute Gasteiger partial charge is 0.00203 e. The highest BCUT2D eigenvalue weighted by atomic mass is 14.9. The average Bonchev–Trinajstić information content (AvgIpc) is 2.85. The van der Waals surface area contributed by atoms with Crippen LogP contribution in [0, 0.1) is 23.7 Å². The molecule has 2 aliphatic carbocycles. The van der Waals surface area contributed by atoms with Gasteiger partial charge in [-0.25, -0.2) is 0 Å². The Hall–Kier alpha value is -0.0800. The van der Waals surface area contributed by atoms with Gasteiger partial charge in [0.15, 0.2) is 0 Å². The average molecular weight is 224 g/mol. The van der Waals surface area contributed by atoms with Crippen molar-refractivity contribution in [3.63, 3.8) is 0 Å². The second-order valence-corrected chi connectivity index (χ2v) is 6.25. The van der Waals surface area contributed by atoms with E-state index < -0.39 is 0 Å². The predicted octanol–water partition coefficient (Wildman–Crippen LogP) is 2.26. The summed E-state index contributed by atoms with van der Waals surface area (Å²) in [6.45, 7) is 9.31. The van der Waals surface area contributed by atoms with Crippen LogP contribution in [0.15, 0.2) is 0 Å². The maximum absolute atomic E-state index is 3.62. The minimum atomic E-state index is 0.776. The Balaban J connectivity index is 1.35. The van der Waals surface area contributed by atoms with Gasteiger partial charge in [-0.1, -0.05) is 13.8 Å². The quantitative estimate of drug-likeness (QED) is 0.618. The first-order chi connectivity index (χ1) is 7.75. The van der Waals surface area contributed by atoms with E-state index in [0.29, 0.717) is 0 Å². The van der Waals surface area contributed by atoms with Gasteiger partial charge in [0.2, 0.25) is 0 Å². The van der Waals surface area contributed by atoms with Crippen LogP contribution in [0.1, 0.15) is 39.5 Å². The molecule has 2 unspecified atom stereocenters. The van der Waals surface area contributed by atoms with Gasteiger partial charge in [-0.05, 0) is 75.5 Å². The van der Waals surface area contributed by atoms with Crippen molar-refractivity contribution in [2.24, 2.45) is 23.7 Å². The number of nitrogens with one attached hydrogen (secondary N) is 2. The summed E-state index contributed by atoms with van der Waals surface area (Å²) >= 11 is 0. The molecule has 0 bridgehead atoms. The molecule has 0 spiro atoms. The lowest BCUT2D eigenvalue weighted by atomic mass is 10.0. The SMILES string of the molecule is CC(C)CNCCCNCC1CC2CC2C1. The second-order valence-electron chi connectivity index (χ2n) is 6.25. The highest BCUT2D eigenvalue weighted by molar-refractivity contribution is 4.96. The molecule has 0 saturated heterocycles. The summed E-state index contributed by atoms with van der Waals surface area (Å²) in [7, 11) is 0. The third kappa shape index (κ3) is 4.06. The molecule has 2 rings (SSSR count). The van der Waals surface area contributed by atoms with E-state index in [1.807, 2.05) is 0 Å². The molecule has 16 heavy (non-hydrogen) atoms. The molecule has 2 N–H and O–H groups in total. The first kappa shape index (κ1) is 12.4. The van der Waals surface area contributed by atoms with Gasteiger partial charge in [0, 0.05) is 0 Å². The van der Waals surface area contributed by atoms with Crippen molar-refractivity contribution in [1.29, 1.82) is 0 Å². The number of fused-ring (bicyclic) bond motifs is 1. The van der Waals surface area contributed by atoms with Crippen molar-refractivity contribution in [3.8, 4) is 0 Å². The Morgan fingerprint density at radius 2 is 1.69 bits per heavy atom. The predicted molar refractivity (Wildman–Crippen MR) is 69.5 cm³/mol. The molecule has 0 aliphatic heterocycles. The summed E-state index contributed by atoms with van der Waals surface area (Å²) in [5, 5.41) is 7.10. The summed E-state index contributed by atoms with van der Waals surface area (Å²) in [5.74, 6) is 4.06. The van der Waals surface area contributed by atoms with Crippen molar-refractivity contribution in [1.82, 2.24) is 10.6 Å². The number of rotatable bonds is 8. The van der Waals surface area contributed by atoms with E-state index in [1.165, 1.54) is 38.9 Å². The molecule has 0 aromatic rings. The molecule has 2 nitrogen and oxygen atoms in total. The Kier molecular flexibility index (Phi) is 4.66. The molecule has 2 heteroatoms. The highest BCUT2D eigenvalue weighted by Crippen LogP contribution is 2.54. The Morgan fingerprint density at radius 1 is 1.00 bits per heavy atom. The third-order valence-corrected chi connectivity index (χ3v) is 4.03. The fourth-order valence-corrected chi connectivity index (χ4v) is 3.04. The highest BCUT2D eigenvalue weighted by Gasteiger charge is 2.45. The zero-order chi connectivity index (χ0) is 11.4. The zero-order valence-electron chi connectivity index (χ0n) is 11.0. The minimum absolute atomic E-state index is 0.776. The Labute approximate surface area is 101 Å². The van der Waals surface area contributed by atoms with E-state index in [9.17, 15) is 0 Å². The van der Waals surface area contributed by atoms with E-state index in [1.54, 1.807) is 6.42 Å². The van der Waals surface area contributed by atoms with Crippen molar-refractivity contribution in [2.75, 3.05) is 26.2 Å². The summed E-state index contributed by atoms with van der Waals surface area (Å²) in [5.41, 5.74) is 0. The van der Waals surface area contributed by atoms with Crippen LogP contribution in [0.4, 0.5) is 0 Å². The number of hydrogen-bond donors (Lipinski definition) is 2. The van der Waals surface area contributed by atoms with Crippen molar-refractivity contribution < 1.29 is 0 Å². The van der Waals surface area contributed by atoms with Gasteiger partial charge in [0.05, 0.1) is 0 Å². The maximum atomic E-state index is 3.62. The standard InChI is InChI=1S/C14H28N2/c1-11(2)9-15-4-3-5-16-10-12-6-13-8-14(13)7-12/h11-16H,3-10H2,1-2H3. The van der Waals surface area contributed by atoms with Crippen LogP contribution in [0.3, 0.4) is 0 Å². The van der Waals surface area contributed by atoms with E-state index in [4.69, 9.17) is 0 Å². The molecule has 2 saturated carbocycles. The lowest BCUT2D eigenvalue weighted by molar-refractivity contribution is 0.441. The van der Waals surface area contributed by atoms with E-state index in [2.05, 4.69) is 24.5 Å². The van der Waals surface area contributed by atoms with Crippen LogP contribution in [0.25, 0.3) is 0 Å². The monoisotopic (exact) mass is 224 g/mol. The van der Waals surface area contributed by atoms with E-state index in [-0.39, 0.29) is 0 Å². The molecule has 2 fully saturated rings. The van der Waals surface area contributed by atoms with Gasteiger partial charge in [-0.15, -0.1) is 0 Å². The molecule has 0 heterocycles. The topological polar surface area (TPSA) is 24.1 Å². The van der Waals surface area contributed by atoms with Crippen molar-refractivity contribution in [3.05, 3.63) is 0 Å². The molecule has 0 aromatic carbocycles. The molecular weight excluding hydrogens is 196 g/mol. The lowest BCUT2D eigenvalue weighted by Crippen LogP contribution is -2.27. The van der Waals surface area contributed by atoms with Crippen LogP contribution in [-0.4, -0.2) is 26.2 Å².